The van der Waals surface area contributed by atoms with Gasteiger partial charge in [0.1, 0.15) is 25.8 Å². The van der Waals surface area contributed by atoms with Gasteiger partial charge in [0.15, 0.2) is 0 Å². The summed E-state index contributed by atoms with van der Waals surface area (Å²) in [7, 11) is 5.59. The van der Waals surface area contributed by atoms with Crippen molar-refractivity contribution in [1.82, 2.24) is 0 Å². The second-order valence-corrected chi connectivity index (χ2v) is 3.86. The highest BCUT2D eigenvalue weighted by Crippen LogP contribution is 2.40. The fourth-order valence-corrected chi connectivity index (χ4v) is 2.02. The first kappa shape index (κ1) is 10.4. The van der Waals surface area contributed by atoms with Gasteiger partial charge in [-0.2, -0.15) is 0 Å². The molecular formula is C8H13BO5. The molecule has 6 heteroatoms. The maximum absolute atomic E-state index is 10.2. The molecule has 2 N–H and O–H groups in total. The van der Waals surface area contributed by atoms with Gasteiger partial charge in [-0.05, 0) is 6.42 Å². The van der Waals surface area contributed by atoms with Crippen molar-refractivity contribution < 1.29 is 24.4 Å². The molecule has 2 rings (SSSR count). The average Bonchev–Trinajstić information content (AvgIpc) is 2.27. The van der Waals surface area contributed by atoms with Crippen LogP contribution in [0.2, 0.25) is 0 Å². The molecule has 3 atom stereocenters. The molecule has 0 aromatic carbocycles. The Morgan fingerprint density at radius 3 is 2.79 bits per heavy atom. The fourth-order valence-electron chi connectivity index (χ4n) is 2.02. The molecule has 14 heavy (non-hydrogen) atoms. The number of rotatable bonds is 1. The third-order valence-corrected chi connectivity index (χ3v) is 2.86. The summed E-state index contributed by atoms with van der Waals surface area (Å²) in [6.45, 7) is -0.0713. The SMILES string of the molecule is [B][C@H]1CC2(O)COCOCC2(CO)O1. The molecule has 2 radical (unpaired) electrons. The molecule has 0 saturated carbocycles. The zero-order valence-electron chi connectivity index (χ0n) is 7.81. The van der Waals surface area contributed by atoms with E-state index in [1.54, 1.807) is 0 Å². The van der Waals surface area contributed by atoms with Crippen molar-refractivity contribution in [3.63, 3.8) is 0 Å². The van der Waals surface area contributed by atoms with Crippen LogP contribution in [0.5, 0.6) is 0 Å². The summed E-state index contributed by atoms with van der Waals surface area (Å²) in [5.74, 6) is 0. The van der Waals surface area contributed by atoms with Gasteiger partial charge >= 0.3 is 0 Å². The topological polar surface area (TPSA) is 68.2 Å². The molecule has 2 unspecified atom stereocenters. The zero-order valence-corrected chi connectivity index (χ0v) is 7.81. The van der Waals surface area contributed by atoms with Crippen LogP contribution in [0.1, 0.15) is 6.42 Å². The standard InChI is InChI=1S/C8H13BO5/c9-6-1-7(11)3-12-5-13-4-8(7,2-10)14-6/h6,10-11H,1-5H2/t6-,7?,8?/m1/s1. The second-order valence-electron chi connectivity index (χ2n) is 3.86. The Labute approximate surface area is 83.4 Å². The number of hydrogen-bond acceptors (Lipinski definition) is 5. The Morgan fingerprint density at radius 1 is 1.36 bits per heavy atom. The highest BCUT2D eigenvalue weighted by atomic mass is 16.7. The lowest BCUT2D eigenvalue weighted by Gasteiger charge is -2.36. The van der Waals surface area contributed by atoms with Gasteiger partial charge in [0.25, 0.3) is 0 Å². The predicted octanol–water partition coefficient (Wildman–Crippen LogP) is -1.63. The second kappa shape index (κ2) is 3.46. The van der Waals surface area contributed by atoms with Crippen LogP contribution in [0.3, 0.4) is 0 Å². The summed E-state index contributed by atoms with van der Waals surface area (Å²) in [4.78, 5) is 0. The Kier molecular flexibility index (Phi) is 2.57. The summed E-state index contributed by atoms with van der Waals surface area (Å²) in [6, 6.07) is -0.586. The minimum Gasteiger partial charge on any atom is -0.393 e. The van der Waals surface area contributed by atoms with Gasteiger partial charge in [-0.25, -0.2) is 0 Å². The van der Waals surface area contributed by atoms with Crippen molar-refractivity contribution >= 4 is 7.85 Å². The van der Waals surface area contributed by atoms with Crippen LogP contribution in [0, 0.1) is 0 Å². The highest BCUT2D eigenvalue weighted by molar-refractivity contribution is 6.11. The molecule has 0 bridgehead atoms. The summed E-state index contributed by atoms with van der Waals surface area (Å²) in [5.41, 5.74) is -2.39. The Bertz CT molecular complexity index is 226. The molecule has 0 amide bonds. The summed E-state index contributed by atoms with van der Waals surface area (Å²) in [5, 5.41) is 19.5. The minimum absolute atomic E-state index is 0.0707. The smallest absolute Gasteiger partial charge is 0.147 e. The van der Waals surface area contributed by atoms with Gasteiger partial charge in [0.05, 0.1) is 19.8 Å². The first-order valence-corrected chi connectivity index (χ1v) is 4.54. The normalized spacial score (nSPS) is 48.6. The van der Waals surface area contributed by atoms with Crippen LogP contribution in [0.15, 0.2) is 0 Å². The van der Waals surface area contributed by atoms with Crippen molar-refractivity contribution in [3.8, 4) is 0 Å². The van der Waals surface area contributed by atoms with Crippen LogP contribution in [0.25, 0.3) is 0 Å². The number of hydrogen-bond donors (Lipinski definition) is 2. The van der Waals surface area contributed by atoms with E-state index < -0.39 is 17.2 Å². The van der Waals surface area contributed by atoms with Crippen molar-refractivity contribution in [2.75, 3.05) is 26.6 Å². The molecule has 2 fully saturated rings. The summed E-state index contributed by atoms with van der Waals surface area (Å²) >= 11 is 0. The first-order valence-electron chi connectivity index (χ1n) is 4.54. The van der Waals surface area contributed by atoms with Crippen molar-refractivity contribution in [1.29, 1.82) is 0 Å². The first-order chi connectivity index (χ1) is 6.62. The van der Waals surface area contributed by atoms with Crippen LogP contribution in [-0.4, -0.2) is 61.9 Å². The maximum atomic E-state index is 10.2. The lowest BCUT2D eigenvalue weighted by Crippen LogP contribution is -2.57. The highest BCUT2D eigenvalue weighted by Gasteiger charge is 2.58. The molecule has 2 heterocycles. The number of aliphatic hydroxyl groups is 2. The third-order valence-electron chi connectivity index (χ3n) is 2.86. The number of ether oxygens (including phenoxy) is 3. The quantitative estimate of drug-likeness (QED) is 0.497. The fraction of sp³-hybridized carbons (Fsp3) is 1.00. The van der Waals surface area contributed by atoms with Crippen LogP contribution < -0.4 is 0 Å². The average molecular weight is 200 g/mol. The van der Waals surface area contributed by atoms with E-state index in [1.165, 1.54) is 0 Å². The van der Waals surface area contributed by atoms with Crippen LogP contribution in [0.4, 0.5) is 0 Å². The Balaban J connectivity index is 2.27. The monoisotopic (exact) mass is 200 g/mol. The predicted molar refractivity (Wildman–Crippen MR) is 46.8 cm³/mol. The van der Waals surface area contributed by atoms with E-state index in [2.05, 4.69) is 0 Å². The summed E-state index contributed by atoms with van der Waals surface area (Å²) < 4.78 is 15.5. The van der Waals surface area contributed by atoms with Crippen molar-refractivity contribution in [3.05, 3.63) is 0 Å². The van der Waals surface area contributed by atoms with Gasteiger partial charge in [-0.3, -0.25) is 0 Å². The molecule has 2 saturated heterocycles. The van der Waals surface area contributed by atoms with Gasteiger partial charge in [-0.15, -0.1) is 0 Å². The van der Waals surface area contributed by atoms with Crippen LogP contribution in [-0.2, 0) is 14.2 Å². The summed E-state index contributed by atoms with van der Waals surface area (Å²) in [6.07, 6.45) is 0.247. The molecule has 0 aliphatic carbocycles. The Hall–Kier alpha value is -0.135. The minimum atomic E-state index is -1.25. The van der Waals surface area contributed by atoms with Crippen molar-refractivity contribution in [2.45, 2.75) is 23.6 Å². The lowest BCUT2D eigenvalue weighted by molar-refractivity contribution is -0.165. The molecule has 2 aliphatic heterocycles. The van der Waals surface area contributed by atoms with E-state index >= 15 is 0 Å². The largest absolute Gasteiger partial charge is 0.393 e. The molecule has 0 aromatic heterocycles. The number of fused-ring (bicyclic) bond motifs is 1. The molecule has 78 valence electrons. The molecular weight excluding hydrogens is 187 g/mol. The number of aliphatic hydroxyl groups excluding tert-OH is 1. The van der Waals surface area contributed by atoms with Gasteiger partial charge in [0, 0.05) is 6.00 Å². The van der Waals surface area contributed by atoms with Gasteiger partial charge in [0.2, 0.25) is 0 Å². The molecule has 0 aromatic rings. The van der Waals surface area contributed by atoms with E-state index in [4.69, 9.17) is 22.1 Å². The van der Waals surface area contributed by atoms with Gasteiger partial charge < -0.3 is 24.4 Å². The van der Waals surface area contributed by atoms with E-state index in [0.29, 0.717) is 0 Å². The zero-order chi connectivity index (χ0) is 10.2. The van der Waals surface area contributed by atoms with Gasteiger partial charge in [-0.1, -0.05) is 0 Å². The lowest BCUT2D eigenvalue weighted by atomic mass is 9.81. The third kappa shape index (κ3) is 1.38. The molecule has 5 nitrogen and oxygen atoms in total. The maximum Gasteiger partial charge on any atom is 0.147 e. The Morgan fingerprint density at radius 2 is 2.07 bits per heavy atom. The van der Waals surface area contributed by atoms with E-state index in [0.717, 1.165) is 0 Å². The van der Waals surface area contributed by atoms with E-state index in [1.807, 2.05) is 0 Å². The van der Waals surface area contributed by atoms with E-state index in [9.17, 15) is 10.2 Å². The van der Waals surface area contributed by atoms with Crippen molar-refractivity contribution in [2.24, 2.45) is 0 Å². The van der Waals surface area contributed by atoms with E-state index in [-0.39, 0.29) is 33.0 Å². The molecule has 0 spiro atoms. The molecule has 2 aliphatic rings. The van der Waals surface area contributed by atoms with Crippen LogP contribution >= 0.6 is 0 Å².